The van der Waals surface area contributed by atoms with Gasteiger partial charge in [0, 0.05) is 11.4 Å². The van der Waals surface area contributed by atoms with Crippen LogP contribution in [0.5, 0.6) is 5.75 Å². The minimum absolute atomic E-state index is 0.0898. The monoisotopic (exact) mass is 327 g/mol. The SMILES string of the molecule is COc1ccc(CC(=O)Nc2ccc(C)c(NC(=O)CN)c2)cc1. The zero-order valence-electron chi connectivity index (χ0n) is 13.8. The standard InChI is InChI=1S/C18H21N3O3/c1-12-3-6-14(10-16(12)21-18(23)11-19)20-17(22)9-13-4-7-15(24-2)8-5-13/h3-8,10H,9,11,19H2,1-2H3,(H,20,22)(H,21,23). The van der Waals surface area contributed by atoms with Crippen LogP contribution in [0.25, 0.3) is 0 Å². The van der Waals surface area contributed by atoms with Crippen molar-refractivity contribution in [1.82, 2.24) is 0 Å². The molecule has 0 unspecified atom stereocenters. The number of hydrogen-bond donors (Lipinski definition) is 3. The molecular weight excluding hydrogens is 306 g/mol. The highest BCUT2D eigenvalue weighted by molar-refractivity contribution is 5.96. The maximum Gasteiger partial charge on any atom is 0.238 e. The van der Waals surface area contributed by atoms with E-state index in [1.165, 1.54) is 0 Å². The van der Waals surface area contributed by atoms with Crippen molar-refractivity contribution >= 4 is 23.2 Å². The molecule has 4 N–H and O–H groups in total. The minimum Gasteiger partial charge on any atom is -0.497 e. The third-order valence-electron chi connectivity index (χ3n) is 3.50. The molecule has 2 amide bonds. The van der Waals surface area contributed by atoms with Crippen LogP contribution in [0.4, 0.5) is 11.4 Å². The molecule has 0 saturated heterocycles. The lowest BCUT2D eigenvalue weighted by Crippen LogP contribution is -2.22. The van der Waals surface area contributed by atoms with Crippen LogP contribution in [0.3, 0.4) is 0 Å². The summed E-state index contributed by atoms with van der Waals surface area (Å²) in [5.41, 5.74) is 8.33. The van der Waals surface area contributed by atoms with Gasteiger partial charge in [-0.3, -0.25) is 9.59 Å². The lowest BCUT2D eigenvalue weighted by atomic mass is 10.1. The molecule has 0 heterocycles. The fraction of sp³-hybridized carbons (Fsp3) is 0.222. The summed E-state index contributed by atoms with van der Waals surface area (Å²) in [6.45, 7) is 1.78. The molecule has 0 aliphatic rings. The lowest BCUT2D eigenvalue weighted by Gasteiger charge is -2.11. The molecule has 0 aliphatic heterocycles. The van der Waals surface area contributed by atoms with Crippen LogP contribution in [0, 0.1) is 6.92 Å². The average molecular weight is 327 g/mol. The molecule has 0 spiro atoms. The Kier molecular flexibility index (Phi) is 5.92. The normalized spacial score (nSPS) is 10.1. The van der Waals surface area contributed by atoms with E-state index in [4.69, 9.17) is 10.5 Å². The van der Waals surface area contributed by atoms with Gasteiger partial charge >= 0.3 is 0 Å². The molecule has 6 nitrogen and oxygen atoms in total. The van der Waals surface area contributed by atoms with E-state index in [0.717, 1.165) is 16.9 Å². The van der Waals surface area contributed by atoms with Crippen LogP contribution in [0.2, 0.25) is 0 Å². The number of rotatable bonds is 6. The number of amides is 2. The Bertz CT molecular complexity index is 727. The number of ether oxygens (including phenoxy) is 1. The van der Waals surface area contributed by atoms with Gasteiger partial charge in [-0.1, -0.05) is 18.2 Å². The zero-order chi connectivity index (χ0) is 17.5. The van der Waals surface area contributed by atoms with Crippen LogP contribution in [-0.4, -0.2) is 25.5 Å². The summed E-state index contributed by atoms with van der Waals surface area (Å²) in [7, 11) is 1.60. The molecule has 6 heteroatoms. The first kappa shape index (κ1) is 17.5. The van der Waals surface area contributed by atoms with Gasteiger partial charge in [-0.15, -0.1) is 0 Å². The van der Waals surface area contributed by atoms with Gasteiger partial charge in [0.25, 0.3) is 0 Å². The van der Waals surface area contributed by atoms with Crippen LogP contribution in [0.1, 0.15) is 11.1 Å². The maximum absolute atomic E-state index is 12.2. The number of methoxy groups -OCH3 is 1. The minimum atomic E-state index is -0.278. The van der Waals surface area contributed by atoms with Gasteiger partial charge < -0.3 is 21.1 Å². The molecule has 0 saturated carbocycles. The molecule has 126 valence electrons. The third kappa shape index (κ3) is 4.82. The smallest absolute Gasteiger partial charge is 0.238 e. The van der Waals surface area contributed by atoms with Crippen molar-refractivity contribution < 1.29 is 14.3 Å². The summed E-state index contributed by atoms with van der Waals surface area (Å²) in [4.78, 5) is 23.6. The van der Waals surface area contributed by atoms with Crippen molar-refractivity contribution in [2.24, 2.45) is 5.73 Å². The van der Waals surface area contributed by atoms with Gasteiger partial charge in [-0.25, -0.2) is 0 Å². The molecule has 2 aromatic carbocycles. The van der Waals surface area contributed by atoms with E-state index in [1.54, 1.807) is 19.2 Å². The second kappa shape index (κ2) is 8.12. The zero-order valence-corrected chi connectivity index (χ0v) is 13.8. The van der Waals surface area contributed by atoms with E-state index in [0.29, 0.717) is 11.4 Å². The van der Waals surface area contributed by atoms with E-state index in [-0.39, 0.29) is 24.8 Å². The molecule has 0 aromatic heterocycles. The van der Waals surface area contributed by atoms with Crippen molar-refractivity contribution in [1.29, 1.82) is 0 Å². The van der Waals surface area contributed by atoms with Crippen LogP contribution in [0.15, 0.2) is 42.5 Å². The maximum atomic E-state index is 12.2. The summed E-state index contributed by atoms with van der Waals surface area (Å²) >= 11 is 0. The molecule has 0 atom stereocenters. The number of aryl methyl sites for hydroxylation is 1. The molecular formula is C18H21N3O3. The average Bonchev–Trinajstić information content (AvgIpc) is 2.58. The predicted octanol–water partition coefficient (Wildman–Crippen LogP) is 2.08. The van der Waals surface area contributed by atoms with Crippen LogP contribution < -0.4 is 21.1 Å². The lowest BCUT2D eigenvalue weighted by molar-refractivity contribution is -0.116. The summed E-state index contributed by atoms with van der Waals surface area (Å²) in [5.74, 6) is 0.331. The summed E-state index contributed by atoms with van der Waals surface area (Å²) in [6, 6.07) is 12.7. The first-order valence-corrected chi connectivity index (χ1v) is 7.55. The fourth-order valence-electron chi connectivity index (χ4n) is 2.17. The molecule has 0 radical (unpaired) electrons. The number of hydrogen-bond acceptors (Lipinski definition) is 4. The number of benzene rings is 2. The number of anilines is 2. The van der Waals surface area contributed by atoms with Gasteiger partial charge in [0.05, 0.1) is 20.1 Å². The highest BCUT2D eigenvalue weighted by Gasteiger charge is 2.08. The Labute approximate surface area is 141 Å². The fourth-order valence-corrected chi connectivity index (χ4v) is 2.17. The molecule has 0 aliphatic carbocycles. The molecule has 2 aromatic rings. The number of nitrogens with two attached hydrogens (primary N) is 1. The van der Waals surface area contributed by atoms with Gasteiger partial charge in [0.2, 0.25) is 11.8 Å². The Morgan fingerprint density at radius 3 is 2.38 bits per heavy atom. The molecule has 0 bridgehead atoms. The van der Waals surface area contributed by atoms with Gasteiger partial charge in [-0.2, -0.15) is 0 Å². The molecule has 2 rings (SSSR count). The molecule has 0 fully saturated rings. The van der Waals surface area contributed by atoms with Crippen molar-refractivity contribution in [3.63, 3.8) is 0 Å². The number of nitrogens with one attached hydrogen (secondary N) is 2. The van der Waals surface area contributed by atoms with Gasteiger partial charge in [-0.05, 0) is 42.3 Å². The second-order valence-corrected chi connectivity index (χ2v) is 5.36. The van der Waals surface area contributed by atoms with Crippen LogP contribution >= 0.6 is 0 Å². The topological polar surface area (TPSA) is 93.5 Å². The van der Waals surface area contributed by atoms with Crippen LogP contribution in [-0.2, 0) is 16.0 Å². The van der Waals surface area contributed by atoms with Crippen molar-refractivity contribution in [3.05, 3.63) is 53.6 Å². The van der Waals surface area contributed by atoms with E-state index in [2.05, 4.69) is 10.6 Å². The highest BCUT2D eigenvalue weighted by Crippen LogP contribution is 2.20. The van der Waals surface area contributed by atoms with Crippen molar-refractivity contribution in [2.75, 3.05) is 24.3 Å². The number of carbonyl (C=O) groups is 2. The quantitative estimate of drug-likeness (QED) is 0.757. The largest absolute Gasteiger partial charge is 0.497 e. The van der Waals surface area contributed by atoms with Crippen molar-refractivity contribution in [3.8, 4) is 5.75 Å². The van der Waals surface area contributed by atoms with E-state index >= 15 is 0 Å². The van der Waals surface area contributed by atoms with E-state index < -0.39 is 0 Å². The summed E-state index contributed by atoms with van der Waals surface area (Å²) < 4.78 is 5.09. The second-order valence-electron chi connectivity index (χ2n) is 5.36. The Morgan fingerprint density at radius 1 is 1.04 bits per heavy atom. The van der Waals surface area contributed by atoms with E-state index in [9.17, 15) is 9.59 Å². The highest BCUT2D eigenvalue weighted by atomic mass is 16.5. The van der Waals surface area contributed by atoms with Crippen molar-refractivity contribution in [2.45, 2.75) is 13.3 Å². The Hall–Kier alpha value is -2.86. The summed E-state index contributed by atoms with van der Waals surface area (Å²) in [5, 5.41) is 5.53. The Balaban J connectivity index is 2.02. The first-order chi connectivity index (χ1) is 11.5. The number of carbonyl (C=O) groups excluding carboxylic acids is 2. The Morgan fingerprint density at radius 2 is 1.75 bits per heavy atom. The summed E-state index contributed by atoms with van der Waals surface area (Å²) in [6.07, 6.45) is 0.252. The first-order valence-electron chi connectivity index (χ1n) is 7.55. The van der Waals surface area contributed by atoms with Gasteiger partial charge in [0.15, 0.2) is 0 Å². The third-order valence-corrected chi connectivity index (χ3v) is 3.50. The predicted molar refractivity (Wildman–Crippen MR) is 94.2 cm³/mol. The van der Waals surface area contributed by atoms with E-state index in [1.807, 2.05) is 37.3 Å². The molecule has 24 heavy (non-hydrogen) atoms. The van der Waals surface area contributed by atoms with Gasteiger partial charge in [0.1, 0.15) is 5.75 Å².